The number of rotatable bonds is 6. The Hall–Kier alpha value is -2.03. The van der Waals surface area contributed by atoms with Crippen molar-refractivity contribution in [2.45, 2.75) is 40.7 Å². The van der Waals surface area contributed by atoms with Crippen molar-refractivity contribution in [3.05, 3.63) is 52.7 Å². The van der Waals surface area contributed by atoms with Gasteiger partial charge in [0.15, 0.2) is 0 Å². The van der Waals surface area contributed by atoms with Crippen molar-refractivity contribution in [3.63, 3.8) is 0 Å². The molecule has 2 rings (SSSR count). The molecule has 0 aliphatic heterocycles. The highest BCUT2D eigenvalue weighted by molar-refractivity contribution is 5.42. The molecule has 3 nitrogen and oxygen atoms in total. The van der Waals surface area contributed by atoms with Gasteiger partial charge in [-0.15, -0.1) is 0 Å². The number of pyridine rings is 1. The number of aryl methyl sites for hydroxylation is 2. The van der Waals surface area contributed by atoms with Crippen molar-refractivity contribution >= 4 is 5.82 Å². The smallest absolute Gasteiger partial charge is 0.125 e. The lowest BCUT2D eigenvalue weighted by Crippen LogP contribution is -2.03. The number of nitrogens with one attached hydrogen (secondary N) is 1. The molecule has 21 heavy (non-hydrogen) atoms. The number of ether oxygens (including phenoxy) is 1. The fourth-order valence-electron chi connectivity index (χ4n) is 2.18. The second kappa shape index (κ2) is 7.11. The first kappa shape index (κ1) is 15.4. The van der Waals surface area contributed by atoms with E-state index in [0.717, 1.165) is 30.1 Å². The first-order chi connectivity index (χ1) is 10.1. The molecular formula is C18H24N2O. The van der Waals surface area contributed by atoms with Crippen LogP contribution in [0.1, 0.15) is 35.6 Å². The van der Waals surface area contributed by atoms with Crippen LogP contribution in [0.5, 0.6) is 5.75 Å². The zero-order valence-electron chi connectivity index (χ0n) is 13.4. The lowest BCUT2D eigenvalue weighted by atomic mass is 10.1. The Bertz CT molecular complexity index is 591. The molecule has 0 saturated heterocycles. The summed E-state index contributed by atoms with van der Waals surface area (Å²) in [6.45, 7) is 9.94. The predicted octanol–water partition coefficient (Wildman–Crippen LogP) is 4.41. The van der Waals surface area contributed by atoms with Crippen LogP contribution in [0.3, 0.4) is 0 Å². The molecule has 0 bridgehead atoms. The van der Waals surface area contributed by atoms with Gasteiger partial charge in [-0.05, 0) is 56.0 Å². The molecule has 0 fully saturated rings. The summed E-state index contributed by atoms with van der Waals surface area (Å²) in [5.41, 5.74) is 4.78. The fraction of sp³-hybridized carbons (Fsp3) is 0.389. The van der Waals surface area contributed by atoms with Gasteiger partial charge in [0.1, 0.15) is 18.2 Å². The van der Waals surface area contributed by atoms with Crippen molar-refractivity contribution < 1.29 is 4.74 Å². The molecule has 0 aliphatic rings. The van der Waals surface area contributed by atoms with Crippen LogP contribution in [0.2, 0.25) is 0 Å². The summed E-state index contributed by atoms with van der Waals surface area (Å²) in [5.74, 6) is 1.88. The summed E-state index contributed by atoms with van der Waals surface area (Å²) in [7, 11) is 0. The SMILES string of the molecule is CCCNc1ccc(COc2cc(C)cc(C)c2C)cn1. The molecule has 1 aromatic carbocycles. The Morgan fingerprint density at radius 2 is 1.95 bits per heavy atom. The average Bonchev–Trinajstić information content (AvgIpc) is 2.48. The van der Waals surface area contributed by atoms with E-state index in [1.54, 1.807) is 0 Å². The maximum Gasteiger partial charge on any atom is 0.125 e. The Morgan fingerprint density at radius 1 is 1.14 bits per heavy atom. The monoisotopic (exact) mass is 284 g/mol. The van der Waals surface area contributed by atoms with E-state index in [1.165, 1.54) is 16.7 Å². The third-order valence-corrected chi connectivity index (χ3v) is 3.54. The lowest BCUT2D eigenvalue weighted by molar-refractivity contribution is 0.303. The van der Waals surface area contributed by atoms with E-state index in [2.05, 4.69) is 56.2 Å². The second-order valence-corrected chi connectivity index (χ2v) is 5.47. The zero-order chi connectivity index (χ0) is 15.2. The third-order valence-electron chi connectivity index (χ3n) is 3.54. The Balaban J connectivity index is 2.00. The van der Waals surface area contributed by atoms with Crippen molar-refractivity contribution in [2.75, 3.05) is 11.9 Å². The van der Waals surface area contributed by atoms with Crippen LogP contribution in [0.15, 0.2) is 30.5 Å². The van der Waals surface area contributed by atoms with Crippen molar-refractivity contribution in [3.8, 4) is 5.75 Å². The van der Waals surface area contributed by atoms with E-state index < -0.39 is 0 Å². The lowest BCUT2D eigenvalue weighted by Gasteiger charge is -2.12. The Kier molecular flexibility index (Phi) is 5.20. The van der Waals surface area contributed by atoms with E-state index >= 15 is 0 Å². The quantitative estimate of drug-likeness (QED) is 0.853. The third kappa shape index (κ3) is 4.22. The number of anilines is 1. The largest absolute Gasteiger partial charge is 0.489 e. The van der Waals surface area contributed by atoms with E-state index in [0.29, 0.717) is 6.61 Å². The van der Waals surface area contributed by atoms with Gasteiger partial charge in [-0.1, -0.05) is 19.1 Å². The van der Waals surface area contributed by atoms with E-state index in [-0.39, 0.29) is 0 Å². The van der Waals surface area contributed by atoms with E-state index in [1.807, 2.05) is 12.3 Å². The summed E-state index contributed by atoms with van der Waals surface area (Å²) in [6.07, 6.45) is 2.97. The normalized spacial score (nSPS) is 10.5. The molecule has 0 saturated carbocycles. The summed E-state index contributed by atoms with van der Waals surface area (Å²) >= 11 is 0. The van der Waals surface area contributed by atoms with Crippen molar-refractivity contribution in [1.82, 2.24) is 4.98 Å². The molecule has 0 radical (unpaired) electrons. The Morgan fingerprint density at radius 3 is 2.62 bits per heavy atom. The molecule has 2 aromatic rings. The summed E-state index contributed by atoms with van der Waals surface area (Å²) in [5, 5.41) is 3.27. The van der Waals surface area contributed by atoms with Crippen LogP contribution < -0.4 is 10.1 Å². The minimum atomic E-state index is 0.546. The maximum atomic E-state index is 5.95. The van der Waals surface area contributed by atoms with Gasteiger partial charge in [0.2, 0.25) is 0 Å². The molecule has 0 amide bonds. The molecule has 0 aliphatic carbocycles. The standard InChI is InChI=1S/C18H24N2O/c1-5-8-19-18-7-6-16(11-20-18)12-21-17-10-13(2)9-14(3)15(17)4/h6-7,9-11H,5,8,12H2,1-4H3,(H,19,20). The minimum absolute atomic E-state index is 0.546. The van der Waals surface area contributed by atoms with Crippen LogP contribution in [0.25, 0.3) is 0 Å². The molecule has 0 unspecified atom stereocenters. The van der Waals surface area contributed by atoms with Crippen molar-refractivity contribution in [1.29, 1.82) is 0 Å². The topological polar surface area (TPSA) is 34.1 Å². The fourth-order valence-corrected chi connectivity index (χ4v) is 2.18. The summed E-state index contributed by atoms with van der Waals surface area (Å²) < 4.78 is 5.95. The summed E-state index contributed by atoms with van der Waals surface area (Å²) in [4.78, 5) is 4.39. The van der Waals surface area contributed by atoms with Gasteiger partial charge in [0, 0.05) is 18.3 Å². The minimum Gasteiger partial charge on any atom is -0.489 e. The van der Waals surface area contributed by atoms with E-state index in [4.69, 9.17) is 4.74 Å². The molecular weight excluding hydrogens is 260 g/mol. The van der Waals surface area contributed by atoms with Gasteiger partial charge in [0.05, 0.1) is 0 Å². The zero-order valence-corrected chi connectivity index (χ0v) is 13.4. The first-order valence-electron chi connectivity index (χ1n) is 7.49. The van der Waals surface area contributed by atoms with Gasteiger partial charge in [-0.2, -0.15) is 0 Å². The van der Waals surface area contributed by atoms with Gasteiger partial charge in [0.25, 0.3) is 0 Å². The highest BCUT2D eigenvalue weighted by Crippen LogP contribution is 2.24. The van der Waals surface area contributed by atoms with E-state index in [9.17, 15) is 0 Å². The second-order valence-electron chi connectivity index (χ2n) is 5.47. The molecule has 1 aromatic heterocycles. The molecule has 1 heterocycles. The van der Waals surface area contributed by atoms with Crippen LogP contribution >= 0.6 is 0 Å². The number of hydrogen-bond donors (Lipinski definition) is 1. The number of hydrogen-bond acceptors (Lipinski definition) is 3. The van der Waals surface area contributed by atoms with Crippen LogP contribution in [-0.2, 0) is 6.61 Å². The van der Waals surface area contributed by atoms with Gasteiger partial charge < -0.3 is 10.1 Å². The molecule has 112 valence electrons. The predicted molar refractivity (Wildman–Crippen MR) is 88.0 cm³/mol. The Labute approximate surface area is 127 Å². The molecule has 0 atom stereocenters. The van der Waals surface area contributed by atoms with Crippen molar-refractivity contribution in [2.24, 2.45) is 0 Å². The first-order valence-corrected chi connectivity index (χ1v) is 7.49. The van der Waals surface area contributed by atoms with Crippen LogP contribution in [-0.4, -0.2) is 11.5 Å². The summed E-state index contributed by atoms with van der Waals surface area (Å²) in [6, 6.07) is 8.33. The van der Waals surface area contributed by atoms with Crippen LogP contribution in [0, 0.1) is 20.8 Å². The molecule has 3 heteroatoms. The average molecular weight is 284 g/mol. The number of aromatic nitrogens is 1. The highest BCUT2D eigenvalue weighted by atomic mass is 16.5. The number of nitrogens with zero attached hydrogens (tertiary/aromatic N) is 1. The van der Waals surface area contributed by atoms with Crippen LogP contribution in [0.4, 0.5) is 5.82 Å². The van der Waals surface area contributed by atoms with Gasteiger partial charge in [-0.3, -0.25) is 0 Å². The van der Waals surface area contributed by atoms with Gasteiger partial charge in [-0.25, -0.2) is 4.98 Å². The highest BCUT2D eigenvalue weighted by Gasteiger charge is 2.04. The maximum absolute atomic E-state index is 5.95. The molecule has 1 N–H and O–H groups in total. The molecule has 0 spiro atoms. The van der Waals surface area contributed by atoms with Gasteiger partial charge >= 0.3 is 0 Å². The number of benzene rings is 1.